The molecule has 0 saturated heterocycles. The molecule has 1 atom stereocenters. The average Bonchev–Trinajstić information content (AvgIpc) is 2.67. The number of hydrogen-bond donors (Lipinski definition) is 3. The standard InChI is InChI=1S/C23H42N2O4/c1-2-3-4-5-6-7-8-9-10-11-12-13-14-15-16-17-22(27)25-20(23(28)29)18-19-21(24)26/h9-10,20H,2-8,11-19H2,1H3,(H2,24,26)(H,25,27)(H,28,29)/b10-9-/t20-/m0/s1. The van der Waals surface area contributed by atoms with E-state index in [0.717, 1.165) is 32.1 Å². The lowest BCUT2D eigenvalue weighted by Gasteiger charge is -2.13. The molecule has 0 aromatic heterocycles. The first kappa shape index (κ1) is 27.1. The third-order valence-corrected chi connectivity index (χ3v) is 4.98. The van der Waals surface area contributed by atoms with Crippen molar-refractivity contribution in [3.8, 4) is 0 Å². The van der Waals surface area contributed by atoms with Crippen LogP contribution < -0.4 is 11.1 Å². The number of nitrogens with one attached hydrogen (secondary N) is 1. The van der Waals surface area contributed by atoms with Crippen LogP contribution in [0.5, 0.6) is 0 Å². The molecule has 0 bridgehead atoms. The first-order valence-electron chi connectivity index (χ1n) is 11.4. The zero-order valence-corrected chi connectivity index (χ0v) is 18.3. The number of primary amides is 1. The van der Waals surface area contributed by atoms with Gasteiger partial charge in [0.25, 0.3) is 0 Å². The SMILES string of the molecule is CCCCCCCC/C=C\CCCCCCCC(=O)N[C@@H](CCC(N)=O)C(=O)O. The third-order valence-electron chi connectivity index (χ3n) is 4.98. The predicted octanol–water partition coefficient (Wildman–Crippen LogP) is 4.86. The number of aliphatic carboxylic acids is 1. The number of rotatable bonds is 20. The highest BCUT2D eigenvalue weighted by molar-refractivity contribution is 5.84. The lowest BCUT2D eigenvalue weighted by Crippen LogP contribution is -2.41. The van der Waals surface area contributed by atoms with Gasteiger partial charge in [0.1, 0.15) is 6.04 Å². The minimum absolute atomic E-state index is 0.0305. The molecule has 0 fully saturated rings. The van der Waals surface area contributed by atoms with Gasteiger partial charge in [0.05, 0.1) is 0 Å². The molecule has 6 nitrogen and oxygen atoms in total. The number of amides is 2. The number of allylic oxidation sites excluding steroid dienone is 2. The van der Waals surface area contributed by atoms with Crippen LogP contribution in [0.25, 0.3) is 0 Å². The molecule has 0 spiro atoms. The molecular formula is C23H42N2O4. The molecule has 6 heteroatoms. The summed E-state index contributed by atoms with van der Waals surface area (Å²) < 4.78 is 0. The number of carboxylic acid groups (broad SMARTS) is 1. The minimum Gasteiger partial charge on any atom is -0.480 e. The Kier molecular flexibility index (Phi) is 18.2. The summed E-state index contributed by atoms with van der Waals surface area (Å²) in [6.45, 7) is 2.24. The fourth-order valence-electron chi connectivity index (χ4n) is 3.17. The first-order valence-corrected chi connectivity index (χ1v) is 11.4. The highest BCUT2D eigenvalue weighted by Gasteiger charge is 2.20. The van der Waals surface area contributed by atoms with E-state index < -0.39 is 17.9 Å². The van der Waals surface area contributed by atoms with E-state index in [1.807, 2.05) is 0 Å². The molecule has 0 radical (unpaired) electrons. The second-order valence-corrected chi connectivity index (χ2v) is 7.80. The molecular weight excluding hydrogens is 368 g/mol. The number of nitrogens with two attached hydrogens (primary N) is 1. The van der Waals surface area contributed by atoms with Crippen molar-refractivity contribution in [3.63, 3.8) is 0 Å². The summed E-state index contributed by atoms with van der Waals surface area (Å²) in [6.07, 6.45) is 20.4. The van der Waals surface area contributed by atoms with Crippen molar-refractivity contribution in [2.75, 3.05) is 0 Å². The molecule has 0 aromatic carbocycles. The zero-order valence-electron chi connectivity index (χ0n) is 18.3. The van der Waals surface area contributed by atoms with E-state index in [1.165, 1.54) is 51.4 Å². The Bertz CT molecular complexity index is 477. The maximum Gasteiger partial charge on any atom is 0.326 e. The Morgan fingerprint density at radius 2 is 1.34 bits per heavy atom. The van der Waals surface area contributed by atoms with Crippen molar-refractivity contribution in [2.45, 2.75) is 116 Å². The molecule has 0 unspecified atom stereocenters. The zero-order chi connectivity index (χ0) is 21.7. The topological polar surface area (TPSA) is 109 Å². The molecule has 0 aliphatic rings. The molecule has 0 aromatic rings. The normalized spacial score (nSPS) is 12.2. The molecule has 0 rings (SSSR count). The quantitative estimate of drug-likeness (QED) is 0.197. The van der Waals surface area contributed by atoms with Gasteiger partial charge in [-0.1, -0.05) is 70.4 Å². The van der Waals surface area contributed by atoms with Crippen LogP contribution in [0.3, 0.4) is 0 Å². The van der Waals surface area contributed by atoms with Crippen molar-refractivity contribution in [1.82, 2.24) is 5.32 Å². The largest absolute Gasteiger partial charge is 0.480 e. The van der Waals surface area contributed by atoms with Crippen LogP contribution in [0.15, 0.2) is 12.2 Å². The third kappa shape index (κ3) is 19.2. The second kappa shape index (κ2) is 19.5. The lowest BCUT2D eigenvalue weighted by molar-refractivity contribution is -0.142. The highest BCUT2D eigenvalue weighted by Crippen LogP contribution is 2.10. The molecule has 4 N–H and O–H groups in total. The van der Waals surface area contributed by atoms with Gasteiger partial charge in [-0.05, 0) is 38.5 Å². The van der Waals surface area contributed by atoms with Gasteiger partial charge in [0, 0.05) is 12.8 Å². The van der Waals surface area contributed by atoms with E-state index in [9.17, 15) is 14.4 Å². The summed E-state index contributed by atoms with van der Waals surface area (Å²) in [5.74, 6) is -1.98. The summed E-state index contributed by atoms with van der Waals surface area (Å²) in [6, 6.07) is -1.04. The minimum atomic E-state index is -1.14. The van der Waals surface area contributed by atoms with Crippen LogP contribution >= 0.6 is 0 Å². The van der Waals surface area contributed by atoms with E-state index in [0.29, 0.717) is 6.42 Å². The van der Waals surface area contributed by atoms with Crippen molar-refractivity contribution in [2.24, 2.45) is 5.73 Å². The number of carboxylic acids is 1. The summed E-state index contributed by atoms with van der Waals surface area (Å²) in [5, 5.41) is 11.5. The summed E-state index contributed by atoms with van der Waals surface area (Å²) in [5.41, 5.74) is 5.02. The van der Waals surface area contributed by atoms with Crippen LogP contribution in [0.1, 0.15) is 110 Å². The van der Waals surface area contributed by atoms with Crippen molar-refractivity contribution >= 4 is 17.8 Å². The Labute approximate surface area is 176 Å². The van der Waals surface area contributed by atoms with E-state index in [1.54, 1.807) is 0 Å². The summed E-state index contributed by atoms with van der Waals surface area (Å²) >= 11 is 0. The van der Waals surface area contributed by atoms with Gasteiger partial charge in [-0.3, -0.25) is 9.59 Å². The smallest absolute Gasteiger partial charge is 0.326 e. The van der Waals surface area contributed by atoms with Gasteiger partial charge >= 0.3 is 5.97 Å². The first-order chi connectivity index (χ1) is 14.0. The number of carbonyl (C=O) groups excluding carboxylic acids is 2. The maximum atomic E-state index is 11.8. The van der Waals surface area contributed by atoms with Crippen LogP contribution in [-0.4, -0.2) is 28.9 Å². The van der Waals surface area contributed by atoms with Crippen LogP contribution in [0.2, 0.25) is 0 Å². The van der Waals surface area contributed by atoms with Crippen molar-refractivity contribution < 1.29 is 19.5 Å². The summed E-state index contributed by atoms with van der Waals surface area (Å²) in [7, 11) is 0. The van der Waals surface area contributed by atoms with Gasteiger partial charge in [-0.15, -0.1) is 0 Å². The van der Waals surface area contributed by atoms with E-state index in [2.05, 4.69) is 24.4 Å². The molecule has 168 valence electrons. The summed E-state index contributed by atoms with van der Waals surface area (Å²) in [4.78, 5) is 33.7. The molecule has 0 saturated carbocycles. The van der Waals surface area contributed by atoms with E-state index >= 15 is 0 Å². The second-order valence-electron chi connectivity index (χ2n) is 7.80. The number of unbranched alkanes of at least 4 members (excludes halogenated alkanes) is 11. The van der Waals surface area contributed by atoms with E-state index in [-0.39, 0.29) is 18.7 Å². The monoisotopic (exact) mass is 410 g/mol. The van der Waals surface area contributed by atoms with Crippen molar-refractivity contribution in [1.29, 1.82) is 0 Å². The Morgan fingerprint density at radius 3 is 1.86 bits per heavy atom. The fraction of sp³-hybridized carbons (Fsp3) is 0.783. The number of hydrogen-bond acceptors (Lipinski definition) is 3. The predicted molar refractivity (Wildman–Crippen MR) is 117 cm³/mol. The lowest BCUT2D eigenvalue weighted by atomic mass is 10.1. The van der Waals surface area contributed by atoms with Crippen LogP contribution in [0.4, 0.5) is 0 Å². The molecule has 0 aliphatic carbocycles. The number of carbonyl (C=O) groups is 3. The van der Waals surface area contributed by atoms with Gasteiger partial charge in [0.15, 0.2) is 0 Å². The maximum absolute atomic E-state index is 11.8. The van der Waals surface area contributed by atoms with Crippen LogP contribution in [0, 0.1) is 0 Å². The van der Waals surface area contributed by atoms with Crippen LogP contribution in [-0.2, 0) is 14.4 Å². The molecule has 29 heavy (non-hydrogen) atoms. The molecule has 2 amide bonds. The van der Waals surface area contributed by atoms with Gasteiger partial charge < -0.3 is 16.2 Å². The van der Waals surface area contributed by atoms with Gasteiger partial charge in [0.2, 0.25) is 11.8 Å². The Hall–Kier alpha value is -1.85. The van der Waals surface area contributed by atoms with Crippen molar-refractivity contribution in [3.05, 3.63) is 12.2 Å². The molecule has 0 heterocycles. The molecule has 0 aliphatic heterocycles. The fourth-order valence-corrected chi connectivity index (χ4v) is 3.17. The van der Waals surface area contributed by atoms with Gasteiger partial charge in [-0.25, -0.2) is 4.79 Å². The Balaban J connectivity index is 3.54. The van der Waals surface area contributed by atoms with Gasteiger partial charge in [-0.2, -0.15) is 0 Å². The van der Waals surface area contributed by atoms with E-state index in [4.69, 9.17) is 10.8 Å². The Morgan fingerprint density at radius 1 is 0.828 bits per heavy atom. The average molecular weight is 411 g/mol. The highest BCUT2D eigenvalue weighted by atomic mass is 16.4.